The second kappa shape index (κ2) is 5.63. The third-order valence-electron chi connectivity index (χ3n) is 4.34. The predicted molar refractivity (Wildman–Crippen MR) is 85.0 cm³/mol. The van der Waals surface area contributed by atoms with Crippen molar-refractivity contribution in [3.8, 4) is 0 Å². The number of halogens is 1. The summed E-state index contributed by atoms with van der Waals surface area (Å²) in [7, 11) is 0. The first-order chi connectivity index (χ1) is 11.6. The molecule has 0 bridgehead atoms. The SMILES string of the molecule is NC(=O)c1cnn2c1C[C@@H](CNc1nc3cc(F)ccc3o1)CC2. The number of nitrogens with two attached hydrogens (primary N) is 1. The summed E-state index contributed by atoms with van der Waals surface area (Å²) in [5.41, 5.74) is 7.76. The van der Waals surface area contributed by atoms with E-state index in [0.29, 0.717) is 41.6 Å². The van der Waals surface area contributed by atoms with Gasteiger partial charge in [0.05, 0.1) is 17.5 Å². The van der Waals surface area contributed by atoms with Crippen LogP contribution in [0.15, 0.2) is 28.8 Å². The van der Waals surface area contributed by atoms with Crippen molar-refractivity contribution < 1.29 is 13.6 Å². The maximum absolute atomic E-state index is 13.2. The van der Waals surface area contributed by atoms with Crippen molar-refractivity contribution in [3.63, 3.8) is 0 Å². The highest BCUT2D eigenvalue weighted by molar-refractivity contribution is 5.93. The van der Waals surface area contributed by atoms with Crippen LogP contribution in [0.4, 0.5) is 10.4 Å². The summed E-state index contributed by atoms with van der Waals surface area (Å²) < 4.78 is 20.6. The number of anilines is 1. The maximum atomic E-state index is 13.2. The summed E-state index contributed by atoms with van der Waals surface area (Å²) in [5.74, 6) is -0.494. The molecule has 124 valence electrons. The van der Waals surface area contributed by atoms with Gasteiger partial charge in [0.2, 0.25) is 0 Å². The van der Waals surface area contributed by atoms with Crippen LogP contribution in [-0.4, -0.2) is 27.2 Å². The molecule has 0 aliphatic carbocycles. The Morgan fingerprint density at radius 2 is 2.38 bits per heavy atom. The average molecular weight is 329 g/mol. The number of benzene rings is 1. The molecule has 0 saturated carbocycles. The number of hydrogen-bond acceptors (Lipinski definition) is 5. The molecule has 0 unspecified atom stereocenters. The Morgan fingerprint density at radius 1 is 1.50 bits per heavy atom. The lowest BCUT2D eigenvalue weighted by molar-refractivity contribution is 0.0998. The van der Waals surface area contributed by atoms with Crippen molar-refractivity contribution >= 4 is 23.0 Å². The lowest BCUT2D eigenvalue weighted by atomic mass is 9.94. The predicted octanol–water partition coefficient (Wildman–Crippen LogP) is 1.94. The summed E-state index contributed by atoms with van der Waals surface area (Å²) in [6.07, 6.45) is 3.16. The fraction of sp³-hybridized carbons (Fsp3) is 0.312. The first kappa shape index (κ1) is 14.7. The fourth-order valence-corrected chi connectivity index (χ4v) is 3.09. The largest absolute Gasteiger partial charge is 0.424 e. The van der Waals surface area contributed by atoms with Gasteiger partial charge in [0.15, 0.2) is 5.58 Å². The third kappa shape index (κ3) is 2.60. The molecule has 1 amide bonds. The molecule has 1 aliphatic rings. The highest BCUT2D eigenvalue weighted by atomic mass is 19.1. The topological polar surface area (TPSA) is 99.0 Å². The number of carbonyl (C=O) groups is 1. The second-order valence-electron chi connectivity index (χ2n) is 5.96. The first-order valence-corrected chi connectivity index (χ1v) is 7.74. The minimum Gasteiger partial charge on any atom is -0.424 e. The maximum Gasteiger partial charge on any atom is 0.295 e. The summed E-state index contributed by atoms with van der Waals surface area (Å²) >= 11 is 0. The zero-order valence-electron chi connectivity index (χ0n) is 12.8. The van der Waals surface area contributed by atoms with E-state index in [4.69, 9.17) is 10.2 Å². The van der Waals surface area contributed by atoms with Crippen LogP contribution in [0.25, 0.3) is 11.1 Å². The molecule has 0 spiro atoms. The normalized spacial score (nSPS) is 17.0. The molecule has 3 aromatic rings. The molecule has 0 radical (unpaired) electrons. The first-order valence-electron chi connectivity index (χ1n) is 7.74. The van der Waals surface area contributed by atoms with E-state index in [1.807, 2.05) is 4.68 Å². The molecule has 0 fully saturated rings. The van der Waals surface area contributed by atoms with Crippen molar-refractivity contribution in [2.24, 2.45) is 11.7 Å². The van der Waals surface area contributed by atoms with Crippen LogP contribution in [0.2, 0.25) is 0 Å². The van der Waals surface area contributed by atoms with Gasteiger partial charge in [-0.3, -0.25) is 9.48 Å². The smallest absolute Gasteiger partial charge is 0.295 e. The Bertz CT molecular complexity index is 916. The summed E-state index contributed by atoms with van der Waals surface area (Å²) in [6, 6.07) is 4.60. The Labute approximate surface area is 136 Å². The van der Waals surface area contributed by atoms with Crippen molar-refractivity contribution in [2.45, 2.75) is 19.4 Å². The van der Waals surface area contributed by atoms with Gasteiger partial charge in [-0.1, -0.05) is 0 Å². The molecule has 1 aromatic carbocycles. The van der Waals surface area contributed by atoms with Crippen LogP contribution in [0, 0.1) is 11.7 Å². The van der Waals surface area contributed by atoms with Crippen LogP contribution < -0.4 is 11.1 Å². The van der Waals surface area contributed by atoms with Gasteiger partial charge < -0.3 is 15.5 Å². The van der Waals surface area contributed by atoms with E-state index in [1.54, 1.807) is 6.07 Å². The molecule has 7 nitrogen and oxygen atoms in total. The van der Waals surface area contributed by atoms with Gasteiger partial charge in [-0.15, -0.1) is 0 Å². The molecular weight excluding hydrogens is 313 g/mol. The van der Waals surface area contributed by atoms with Crippen LogP contribution >= 0.6 is 0 Å². The van der Waals surface area contributed by atoms with Gasteiger partial charge in [0.1, 0.15) is 11.3 Å². The van der Waals surface area contributed by atoms with Crippen LogP contribution in [-0.2, 0) is 13.0 Å². The monoisotopic (exact) mass is 329 g/mol. The summed E-state index contributed by atoms with van der Waals surface area (Å²) in [5, 5.41) is 7.35. The fourth-order valence-electron chi connectivity index (χ4n) is 3.09. The van der Waals surface area contributed by atoms with E-state index >= 15 is 0 Å². The molecule has 3 N–H and O–H groups in total. The molecule has 3 heterocycles. The Balaban J connectivity index is 1.46. The van der Waals surface area contributed by atoms with Crippen molar-refractivity contribution in [3.05, 3.63) is 41.5 Å². The van der Waals surface area contributed by atoms with Gasteiger partial charge in [0, 0.05) is 19.2 Å². The highest BCUT2D eigenvalue weighted by Crippen LogP contribution is 2.24. The van der Waals surface area contributed by atoms with Gasteiger partial charge in [-0.05, 0) is 30.9 Å². The van der Waals surface area contributed by atoms with Crippen molar-refractivity contribution in [2.75, 3.05) is 11.9 Å². The van der Waals surface area contributed by atoms with Gasteiger partial charge in [-0.2, -0.15) is 10.1 Å². The average Bonchev–Trinajstić information content (AvgIpc) is 3.15. The Kier molecular flexibility index (Phi) is 3.44. The number of primary amides is 1. The highest BCUT2D eigenvalue weighted by Gasteiger charge is 2.24. The van der Waals surface area contributed by atoms with Gasteiger partial charge in [0.25, 0.3) is 11.9 Å². The standard InChI is InChI=1S/C16H16FN5O2/c17-10-1-2-14-12(6-10)21-16(24-14)19-7-9-3-4-22-13(5-9)11(8-20-22)15(18)23/h1-2,6,8-9H,3-5,7H2,(H2,18,23)(H,19,21)/t9-/m0/s1. The zero-order valence-corrected chi connectivity index (χ0v) is 12.8. The number of carbonyl (C=O) groups excluding carboxylic acids is 1. The molecule has 0 saturated heterocycles. The zero-order chi connectivity index (χ0) is 16.7. The van der Waals surface area contributed by atoms with Gasteiger partial charge >= 0.3 is 0 Å². The van der Waals surface area contributed by atoms with Crippen molar-refractivity contribution in [1.29, 1.82) is 0 Å². The molecule has 24 heavy (non-hydrogen) atoms. The number of oxazole rings is 1. The van der Waals surface area contributed by atoms with E-state index in [0.717, 1.165) is 18.7 Å². The molecule has 4 rings (SSSR count). The van der Waals surface area contributed by atoms with Gasteiger partial charge in [-0.25, -0.2) is 4.39 Å². The van der Waals surface area contributed by atoms with E-state index < -0.39 is 5.91 Å². The Morgan fingerprint density at radius 3 is 3.21 bits per heavy atom. The van der Waals surface area contributed by atoms with E-state index in [2.05, 4.69) is 15.4 Å². The number of nitrogens with zero attached hydrogens (tertiary/aromatic N) is 3. The second-order valence-corrected chi connectivity index (χ2v) is 5.96. The molecule has 1 atom stereocenters. The molecule has 8 heteroatoms. The summed E-state index contributed by atoms with van der Waals surface area (Å²) in [4.78, 5) is 15.7. The number of rotatable bonds is 4. The minimum atomic E-state index is -0.453. The number of hydrogen-bond donors (Lipinski definition) is 2. The number of fused-ring (bicyclic) bond motifs is 2. The molecule has 2 aromatic heterocycles. The van der Waals surface area contributed by atoms with E-state index in [1.165, 1.54) is 18.3 Å². The number of nitrogens with one attached hydrogen (secondary N) is 1. The molecular formula is C16H16FN5O2. The van der Waals surface area contributed by atoms with Crippen LogP contribution in [0.1, 0.15) is 22.5 Å². The quantitative estimate of drug-likeness (QED) is 0.762. The number of aromatic nitrogens is 3. The third-order valence-corrected chi connectivity index (χ3v) is 4.34. The lowest BCUT2D eigenvalue weighted by Gasteiger charge is -2.23. The number of aryl methyl sites for hydroxylation is 1. The minimum absolute atomic E-state index is 0.305. The van der Waals surface area contributed by atoms with E-state index in [9.17, 15) is 9.18 Å². The number of amides is 1. The summed E-state index contributed by atoms with van der Waals surface area (Å²) in [6.45, 7) is 1.38. The van der Waals surface area contributed by atoms with Crippen molar-refractivity contribution in [1.82, 2.24) is 14.8 Å². The molecule has 1 aliphatic heterocycles. The lowest BCUT2D eigenvalue weighted by Crippen LogP contribution is -2.27. The van der Waals surface area contributed by atoms with Crippen LogP contribution in [0.3, 0.4) is 0 Å². The van der Waals surface area contributed by atoms with Crippen LogP contribution in [0.5, 0.6) is 0 Å². The Hall–Kier alpha value is -2.90. The van der Waals surface area contributed by atoms with E-state index in [-0.39, 0.29) is 5.82 Å².